The van der Waals surface area contributed by atoms with Gasteiger partial charge in [0.25, 0.3) is 5.91 Å². The molecule has 2 aromatic rings. The van der Waals surface area contributed by atoms with Crippen LogP contribution in [0.25, 0.3) is 0 Å². The Kier molecular flexibility index (Phi) is 7.85. The van der Waals surface area contributed by atoms with Crippen molar-refractivity contribution in [1.82, 2.24) is 0 Å². The fourth-order valence-corrected chi connectivity index (χ4v) is 2.27. The lowest BCUT2D eigenvalue weighted by molar-refractivity contribution is -0.119. The maximum atomic E-state index is 12.2. The van der Waals surface area contributed by atoms with E-state index in [-0.39, 0.29) is 5.56 Å². The predicted molar refractivity (Wildman–Crippen MR) is 103 cm³/mol. The number of carbonyl (C=O) groups excluding carboxylic acids is 2. The number of hydrogen-bond acceptors (Lipinski definition) is 6. The van der Waals surface area contributed by atoms with Crippen molar-refractivity contribution in [2.24, 2.45) is 0 Å². The van der Waals surface area contributed by atoms with Gasteiger partial charge in [-0.15, -0.1) is 0 Å². The van der Waals surface area contributed by atoms with Crippen molar-refractivity contribution in [3.8, 4) is 17.6 Å². The summed E-state index contributed by atoms with van der Waals surface area (Å²) in [7, 11) is 0. The molecule has 28 heavy (non-hydrogen) atoms. The molecule has 0 saturated heterocycles. The fourth-order valence-electron chi connectivity index (χ4n) is 2.27. The Hall–Kier alpha value is -3.53. The van der Waals surface area contributed by atoms with Gasteiger partial charge in [0.05, 0.1) is 30.4 Å². The molecule has 0 aromatic heterocycles. The molecule has 0 unspecified atom stereocenters. The van der Waals surface area contributed by atoms with Gasteiger partial charge in [0, 0.05) is 5.69 Å². The highest BCUT2D eigenvalue weighted by Crippen LogP contribution is 2.29. The minimum atomic E-state index is -0.641. The number of nitriles is 1. The van der Waals surface area contributed by atoms with Gasteiger partial charge in [-0.1, -0.05) is 6.92 Å². The van der Waals surface area contributed by atoms with Crippen molar-refractivity contribution in [2.75, 3.05) is 25.1 Å². The van der Waals surface area contributed by atoms with Crippen molar-refractivity contribution in [1.29, 1.82) is 5.26 Å². The molecule has 0 spiro atoms. The molecule has 0 heterocycles. The third-order valence-electron chi connectivity index (χ3n) is 3.57. The second-order valence-corrected chi connectivity index (χ2v) is 5.76. The molecule has 7 nitrogen and oxygen atoms in total. The van der Waals surface area contributed by atoms with E-state index in [1.54, 1.807) is 36.4 Å². The van der Waals surface area contributed by atoms with Gasteiger partial charge < -0.3 is 19.5 Å². The first-order valence-corrected chi connectivity index (χ1v) is 8.94. The molecule has 0 saturated carbocycles. The van der Waals surface area contributed by atoms with Gasteiger partial charge in [-0.2, -0.15) is 5.26 Å². The zero-order chi connectivity index (χ0) is 20.4. The molecule has 0 bridgehead atoms. The van der Waals surface area contributed by atoms with Gasteiger partial charge in [-0.3, -0.25) is 4.79 Å². The molecule has 7 heteroatoms. The Bertz CT molecular complexity index is 856. The Morgan fingerprint density at radius 1 is 1.04 bits per heavy atom. The Morgan fingerprint density at radius 3 is 2.43 bits per heavy atom. The quantitative estimate of drug-likeness (QED) is 0.666. The van der Waals surface area contributed by atoms with Gasteiger partial charge in [-0.25, -0.2) is 4.79 Å². The van der Waals surface area contributed by atoms with E-state index < -0.39 is 18.5 Å². The molecular formula is C21H22N2O5. The zero-order valence-electron chi connectivity index (χ0n) is 15.9. The summed E-state index contributed by atoms with van der Waals surface area (Å²) in [6.45, 7) is 4.36. The number of esters is 1. The van der Waals surface area contributed by atoms with Crippen LogP contribution in [-0.4, -0.2) is 31.7 Å². The van der Waals surface area contributed by atoms with Gasteiger partial charge in [0.2, 0.25) is 0 Å². The maximum absolute atomic E-state index is 12.2. The van der Waals surface area contributed by atoms with Crippen molar-refractivity contribution in [3.63, 3.8) is 0 Å². The van der Waals surface area contributed by atoms with E-state index in [1.165, 1.54) is 6.07 Å². The number of hydrogen-bond donors (Lipinski definition) is 1. The third kappa shape index (κ3) is 6.02. The zero-order valence-corrected chi connectivity index (χ0v) is 15.9. The van der Waals surface area contributed by atoms with E-state index in [1.807, 2.05) is 19.9 Å². The largest absolute Gasteiger partial charge is 0.490 e. The minimum Gasteiger partial charge on any atom is -0.490 e. The summed E-state index contributed by atoms with van der Waals surface area (Å²) in [5.74, 6) is -0.116. The second-order valence-electron chi connectivity index (χ2n) is 5.76. The van der Waals surface area contributed by atoms with Crippen LogP contribution in [0.2, 0.25) is 0 Å². The molecule has 0 aliphatic rings. The van der Waals surface area contributed by atoms with Crippen LogP contribution in [0.1, 0.15) is 36.2 Å². The molecular weight excluding hydrogens is 360 g/mol. The molecule has 0 atom stereocenters. The summed E-state index contributed by atoms with van der Waals surface area (Å²) in [5.41, 5.74) is 1.26. The topological polar surface area (TPSA) is 97.6 Å². The molecule has 0 aliphatic heterocycles. The first-order valence-electron chi connectivity index (χ1n) is 8.94. The van der Waals surface area contributed by atoms with Crippen LogP contribution in [0.5, 0.6) is 11.5 Å². The van der Waals surface area contributed by atoms with E-state index in [0.29, 0.717) is 36.0 Å². The summed E-state index contributed by atoms with van der Waals surface area (Å²) in [5, 5.41) is 11.4. The summed E-state index contributed by atoms with van der Waals surface area (Å²) < 4.78 is 16.2. The fraction of sp³-hybridized carbons (Fsp3) is 0.286. The number of nitrogens with zero attached hydrogens (tertiary/aromatic N) is 1. The van der Waals surface area contributed by atoms with E-state index in [4.69, 9.17) is 19.5 Å². The molecule has 2 rings (SSSR count). The highest BCUT2D eigenvalue weighted by Gasteiger charge is 2.14. The Balaban J connectivity index is 1.94. The molecule has 0 fully saturated rings. The monoisotopic (exact) mass is 382 g/mol. The summed E-state index contributed by atoms with van der Waals surface area (Å²) >= 11 is 0. The second kappa shape index (κ2) is 10.6. The minimum absolute atomic E-state index is 0.262. The first kappa shape index (κ1) is 20.8. The predicted octanol–water partition coefficient (Wildman–Crippen LogP) is 3.54. The van der Waals surface area contributed by atoms with Gasteiger partial charge in [-0.05, 0) is 55.8 Å². The van der Waals surface area contributed by atoms with Crippen molar-refractivity contribution in [3.05, 3.63) is 53.6 Å². The van der Waals surface area contributed by atoms with Crippen LogP contribution >= 0.6 is 0 Å². The number of ether oxygens (including phenoxy) is 3. The number of rotatable bonds is 9. The Morgan fingerprint density at radius 2 is 1.79 bits per heavy atom. The third-order valence-corrected chi connectivity index (χ3v) is 3.57. The molecule has 1 amide bonds. The summed E-state index contributed by atoms with van der Waals surface area (Å²) in [4.78, 5) is 24.2. The highest BCUT2D eigenvalue weighted by molar-refractivity contribution is 5.95. The molecule has 2 aromatic carbocycles. The van der Waals surface area contributed by atoms with E-state index in [2.05, 4.69) is 5.32 Å². The van der Waals surface area contributed by atoms with Crippen molar-refractivity contribution >= 4 is 17.6 Å². The molecule has 0 aliphatic carbocycles. The van der Waals surface area contributed by atoms with Crippen molar-refractivity contribution in [2.45, 2.75) is 20.3 Å². The Labute approximate surface area is 163 Å². The van der Waals surface area contributed by atoms with E-state index in [9.17, 15) is 9.59 Å². The van der Waals surface area contributed by atoms with Crippen LogP contribution in [0.4, 0.5) is 5.69 Å². The lowest BCUT2D eigenvalue weighted by Crippen LogP contribution is -2.21. The standard InChI is InChI=1S/C21H22N2O5/c1-3-11-27-18-10-7-16(12-19(18)26-4-2)21(25)28-14-20(24)23-17-8-5-15(13-22)6-9-17/h5-10,12H,3-4,11,14H2,1-2H3,(H,23,24). The van der Waals surface area contributed by atoms with Crippen LogP contribution in [0.15, 0.2) is 42.5 Å². The first-order chi connectivity index (χ1) is 13.6. The number of benzene rings is 2. The number of carbonyl (C=O) groups is 2. The average molecular weight is 382 g/mol. The SMILES string of the molecule is CCCOc1ccc(C(=O)OCC(=O)Nc2ccc(C#N)cc2)cc1OCC. The molecule has 0 radical (unpaired) electrons. The number of nitrogens with one attached hydrogen (secondary N) is 1. The normalized spacial score (nSPS) is 9.89. The van der Waals surface area contributed by atoms with Gasteiger partial charge in [0.1, 0.15) is 0 Å². The molecule has 146 valence electrons. The summed E-state index contributed by atoms with van der Waals surface area (Å²) in [6, 6.07) is 13.1. The van der Waals surface area contributed by atoms with Crippen LogP contribution in [0, 0.1) is 11.3 Å². The van der Waals surface area contributed by atoms with Crippen LogP contribution in [0.3, 0.4) is 0 Å². The lowest BCUT2D eigenvalue weighted by atomic mass is 10.2. The maximum Gasteiger partial charge on any atom is 0.338 e. The molecule has 1 N–H and O–H groups in total. The van der Waals surface area contributed by atoms with Crippen LogP contribution in [-0.2, 0) is 9.53 Å². The number of amides is 1. The van der Waals surface area contributed by atoms with E-state index >= 15 is 0 Å². The smallest absolute Gasteiger partial charge is 0.338 e. The van der Waals surface area contributed by atoms with Crippen molar-refractivity contribution < 1.29 is 23.8 Å². The van der Waals surface area contributed by atoms with Gasteiger partial charge >= 0.3 is 5.97 Å². The lowest BCUT2D eigenvalue weighted by Gasteiger charge is -2.13. The van der Waals surface area contributed by atoms with E-state index in [0.717, 1.165) is 6.42 Å². The highest BCUT2D eigenvalue weighted by atomic mass is 16.5. The van der Waals surface area contributed by atoms with Crippen LogP contribution < -0.4 is 14.8 Å². The van der Waals surface area contributed by atoms with Gasteiger partial charge in [0.15, 0.2) is 18.1 Å². The average Bonchev–Trinajstić information content (AvgIpc) is 2.71. The number of anilines is 1. The summed E-state index contributed by atoms with van der Waals surface area (Å²) in [6.07, 6.45) is 0.851.